The molecule has 0 aliphatic heterocycles. The average Bonchev–Trinajstić information content (AvgIpc) is 3.72. The van der Waals surface area contributed by atoms with Crippen LogP contribution in [-0.2, 0) is 0 Å². The second-order valence-corrected chi connectivity index (χ2v) is 9.13. The highest BCUT2D eigenvalue weighted by Gasteiger charge is 2.17. The predicted molar refractivity (Wildman–Crippen MR) is 154 cm³/mol. The molecule has 3 aromatic heterocycles. The maximum atomic E-state index is 12.8. The summed E-state index contributed by atoms with van der Waals surface area (Å²) in [7, 11) is 0. The summed E-state index contributed by atoms with van der Waals surface area (Å²) in [5.41, 5.74) is 14.0. The molecule has 2 aromatic carbocycles. The number of anilines is 2. The topological polar surface area (TPSA) is 229 Å². The number of amides is 4. The summed E-state index contributed by atoms with van der Waals surface area (Å²) in [5.74, 6) is -1.58. The SMILES string of the molecule is NCCNC(=O)c1cc2ccc(NC(=O)c3cc(C(=O)Nc4ccc5cc(C(=O)NCCN)[nH]c5c4)[nH]n3)cc2[nH]1. The van der Waals surface area contributed by atoms with Crippen molar-refractivity contribution in [1.29, 1.82) is 0 Å². The Kier molecular flexibility index (Phi) is 7.76. The second-order valence-electron chi connectivity index (χ2n) is 9.13. The van der Waals surface area contributed by atoms with Gasteiger partial charge >= 0.3 is 0 Å². The first kappa shape index (κ1) is 27.1. The number of benzene rings is 2. The maximum absolute atomic E-state index is 12.8. The van der Waals surface area contributed by atoms with Gasteiger partial charge in [0.05, 0.1) is 0 Å². The first-order chi connectivity index (χ1) is 19.8. The van der Waals surface area contributed by atoms with Gasteiger partial charge in [-0.25, -0.2) is 0 Å². The number of carbonyl (C=O) groups excluding carboxylic acids is 4. The molecule has 0 aliphatic rings. The molecule has 210 valence electrons. The van der Waals surface area contributed by atoms with Crippen molar-refractivity contribution >= 4 is 56.8 Å². The standard InChI is InChI=1S/C27H28N10O4/c28-5-7-30-24(38)20-9-14-1-3-16(11-18(14)34-20)32-26(40)22-13-23(37-36-22)27(41)33-17-4-2-15-10-21(35-19(15)12-17)25(39)31-8-6-29/h1-4,9-13,34-35H,5-8,28-29H2,(H,30,38)(H,31,39)(H,32,40)(H,33,41)(H,36,37). The molecule has 11 N–H and O–H groups in total. The van der Waals surface area contributed by atoms with Crippen molar-refractivity contribution in [1.82, 2.24) is 30.8 Å². The summed E-state index contributed by atoms with van der Waals surface area (Å²) in [5, 5.41) is 19.0. The fourth-order valence-corrected chi connectivity index (χ4v) is 4.16. The molecule has 5 aromatic rings. The van der Waals surface area contributed by atoms with E-state index in [9.17, 15) is 19.2 Å². The molecule has 3 heterocycles. The van der Waals surface area contributed by atoms with Crippen LogP contribution in [-0.4, -0.2) is 70.0 Å². The van der Waals surface area contributed by atoms with Crippen molar-refractivity contribution in [3.8, 4) is 0 Å². The van der Waals surface area contributed by atoms with Crippen molar-refractivity contribution in [3.63, 3.8) is 0 Å². The number of carbonyl (C=O) groups is 4. The van der Waals surface area contributed by atoms with Crippen LogP contribution in [0.4, 0.5) is 11.4 Å². The predicted octanol–water partition coefficient (Wildman–Crippen LogP) is 1.25. The summed E-state index contributed by atoms with van der Waals surface area (Å²) >= 11 is 0. The van der Waals surface area contributed by atoms with Crippen LogP contribution >= 0.6 is 0 Å². The number of H-pyrrole nitrogens is 3. The van der Waals surface area contributed by atoms with Gasteiger partial charge in [-0.05, 0) is 36.4 Å². The minimum absolute atomic E-state index is 0.0107. The normalized spacial score (nSPS) is 11.0. The molecule has 0 atom stereocenters. The van der Waals surface area contributed by atoms with E-state index in [0.717, 1.165) is 10.8 Å². The van der Waals surface area contributed by atoms with Crippen LogP contribution in [0.1, 0.15) is 42.0 Å². The summed E-state index contributed by atoms with van der Waals surface area (Å²) in [6.07, 6.45) is 0. The lowest BCUT2D eigenvalue weighted by molar-refractivity contribution is 0.0942. The van der Waals surface area contributed by atoms with Crippen LogP contribution < -0.4 is 32.7 Å². The number of nitrogens with zero attached hydrogens (tertiary/aromatic N) is 1. The number of nitrogens with one attached hydrogen (secondary N) is 7. The van der Waals surface area contributed by atoms with Gasteiger partial charge in [-0.3, -0.25) is 24.3 Å². The maximum Gasteiger partial charge on any atom is 0.276 e. The quantitative estimate of drug-likeness (QED) is 0.122. The van der Waals surface area contributed by atoms with Crippen LogP contribution in [0.25, 0.3) is 21.8 Å². The third kappa shape index (κ3) is 6.08. The molecule has 14 nitrogen and oxygen atoms in total. The summed E-state index contributed by atoms with van der Waals surface area (Å²) in [4.78, 5) is 56.0. The number of rotatable bonds is 10. The van der Waals surface area contributed by atoms with E-state index in [0.29, 0.717) is 60.0 Å². The monoisotopic (exact) mass is 556 g/mol. The fourth-order valence-electron chi connectivity index (χ4n) is 4.16. The Morgan fingerprint density at radius 2 is 1.15 bits per heavy atom. The molecular formula is C27H28N10O4. The van der Waals surface area contributed by atoms with Gasteiger partial charge in [0.15, 0.2) is 5.69 Å². The van der Waals surface area contributed by atoms with Gasteiger partial charge in [0.25, 0.3) is 23.6 Å². The van der Waals surface area contributed by atoms with Crippen molar-refractivity contribution in [2.24, 2.45) is 11.5 Å². The first-order valence-electron chi connectivity index (χ1n) is 12.7. The van der Waals surface area contributed by atoms with Crippen LogP contribution in [0, 0.1) is 0 Å². The molecule has 0 bridgehead atoms. The van der Waals surface area contributed by atoms with Gasteiger partial charge in [-0.1, -0.05) is 12.1 Å². The van der Waals surface area contributed by atoms with E-state index in [1.165, 1.54) is 6.07 Å². The molecule has 0 saturated heterocycles. The molecule has 0 unspecified atom stereocenters. The Balaban J connectivity index is 1.23. The average molecular weight is 557 g/mol. The van der Waals surface area contributed by atoms with E-state index in [4.69, 9.17) is 11.5 Å². The summed E-state index contributed by atoms with van der Waals surface area (Å²) in [6.45, 7) is 1.39. The van der Waals surface area contributed by atoms with E-state index in [-0.39, 0.29) is 23.2 Å². The van der Waals surface area contributed by atoms with Crippen molar-refractivity contribution < 1.29 is 19.2 Å². The highest BCUT2D eigenvalue weighted by Crippen LogP contribution is 2.22. The van der Waals surface area contributed by atoms with Crippen LogP contribution in [0.5, 0.6) is 0 Å². The number of fused-ring (bicyclic) bond motifs is 2. The lowest BCUT2D eigenvalue weighted by Gasteiger charge is -2.04. The van der Waals surface area contributed by atoms with Gasteiger partial charge in [0, 0.05) is 65.4 Å². The number of nitrogens with two attached hydrogens (primary N) is 2. The van der Waals surface area contributed by atoms with Gasteiger partial charge < -0.3 is 42.7 Å². The van der Waals surface area contributed by atoms with E-state index in [1.54, 1.807) is 48.5 Å². The van der Waals surface area contributed by atoms with Crippen LogP contribution in [0.2, 0.25) is 0 Å². The Morgan fingerprint density at radius 3 is 1.66 bits per heavy atom. The number of aromatic nitrogens is 4. The van der Waals surface area contributed by atoms with E-state index in [2.05, 4.69) is 41.4 Å². The van der Waals surface area contributed by atoms with Crippen LogP contribution in [0.15, 0.2) is 54.6 Å². The van der Waals surface area contributed by atoms with Gasteiger partial charge in [-0.15, -0.1) is 0 Å². The zero-order chi connectivity index (χ0) is 28.9. The summed E-state index contributed by atoms with van der Waals surface area (Å²) in [6, 6.07) is 15.1. The van der Waals surface area contributed by atoms with Gasteiger partial charge in [0.2, 0.25) is 0 Å². The Labute approximate surface area is 232 Å². The van der Waals surface area contributed by atoms with Gasteiger partial charge in [0.1, 0.15) is 17.1 Å². The third-order valence-corrected chi connectivity index (χ3v) is 6.16. The zero-order valence-corrected chi connectivity index (χ0v) is 21.8. The molecule has 0 fully saturated rings. The number of aromatic amines is 3. The molecule has 0 saturated carbocycles. The first-order valence-corrected chi connectivity index (χ1v) is 12.7. The Bertz CT molecular complexity index is 1640. The highest BCUT2D eigenvalue weighted by atomic mass is 16.2. The Morgan fingerprint density at radius 1 is 0.634 bits per heavy atom. The highest BCUT2D eigenvalue weighted by molar-refractivity contribution is 6.08. The zero-order valence-electron chi connectivity index (χ0n) is 21.8. The van der Waals surface area contributed by atoms with Crippen molar-refractivity contribution in [2.75, 3.05) is 36.8 Å². The largest absolute Gasteiger partial charge is 0.350 e. The second kappa shape index (κ2) is 11.7. The molecule has 5 rings (SSSR count). The lowest BCUT2D eigenvalue weighted by atomic mass is 10.2. The minimum Gasteiger partial charge on any atom is -0.350 e. The number of hydrogen-bond acceptors (Lipinski definition) is 7. The fraction of sp³-hybridized carbons (Fsp3) is 0.148. The molecule has 4 amide bonds. The smallest absolute Gasteiger partial charge is 0.276 e. The lowest BCUT2D eigenvalue weighted by Crippen LogP contribution is -2.29. The minimum atomic E-state index is -0.527. The molecule has 0 radical (unpaired) electrons. The molecule has 14 heteroatoms. The van der Waals surface area contributed by atoms with Crippen molar-refractivity contribution in [3.05, 3.63) is 77.4 Å². The van der Waals surface area contributed by atoms with E-state index in [1.807, 2.05) is 0 Å². The third-order valence-electron chi connectivity index (χ3n) is 6.16. The number of hydrogen-bond donors (Lipinski definition) is 9. The van der Waals surface area contributed by atoms with Crippen molar-refractivity contribution in [2.45, 2.75) is 0 Å². The molecule has 0 aliphatic carbocycles. The Hall–Kier alpha value is -5.47. The molecular weight excluding hydrogens is 528 g/mol. The van der Waals surface area contributed by atoms with E-state index < -0.39 is 11.8 Å². The van der Waals surface area contributed by atoms with E-state index >= 15 is 0 Å². The van der Waals surface area contributed by atoms with Crippen LogP contribution in [0.3, 0.4) is 0 Å². The molecule has 41 heavy (non-hydrogen) atoms. The van der Waals surface area contributed by atoms with Gasteiger partial charge in [-0.2, -0.15) is 5.10 Å². The molecule has 0 spiro atoms. The summed E-state index contributed by atoms with van der Waals surface area (Å²) < 4.78 is 0.